The highest BCUT2D eigenvalue weighted by Crippen LogP contribution is 2.27. The number of anilines is 1. The summed E-state index contributed by atoms with van der Waals surface area (Å²) in [7, 11) is 1.32. The maximum absolute atomic E-state index is 11.9. The lowest BCUT2D eigenvalue weighted by molar-refractivity contribution is -0.113. The van der Waals surface area contributed by atoms with Gasteiger partial charge in [0.25, 0.3) is 0 Å². The minimum absolute atomic E-state index is 0.154. The first-order valence-electron chi connectivity index (χ1n) is 5.95. The maximum atomic E-state index is 11.9. The van der Waals surface area contributed by atoms with Crippen LogP contribution in [0.15, 0.2) is 41.3 Å². The first-order chi connectivity index (χ1) is 10.1. The van der Waals surface area contributed by atoms with Crippen LogP contribution in [0.4, 0.5) is 5.00 Å². The summed E-state index contributed by atoms with van der Waals surface area (Å²) in [5, 5.41) is 3.97. The molecule has 2 aromatic rings. The minimum atomic E-state index is -0.411. The first-order valence-corrected chi connectivity index (χ1v) is 8.13. The fourth-order valence-corrected chi connectivity index (χ4v) is 3.37. The average molecular weight is 342 g/mol. The van der Waals surface area contributed by atoms with Crippen molar-refractivity contribution in [3.8, 4) is 0 Å². The zero-order valence-electron chi connectivity index (χ0n) is 11.1. The van der Waals surface area contributed by atoms with Gasteiger partial charge in [-0.3, -0.25) is 4.79 Å². The normalized spacial score (nSPS) is 10.2. The van der Waals surface area contributed by atoms with E-state index >= 15 is 0 Å². The highest BCUT2D eigenvalue weighted by atomic mass is 35.5. The Labute approximate surface area is 135 Å². The monoisotopic (exact) mass is 341 g/mol. The largest absolute Gasteiger partial charge is 0.465 e. The highest BCUT2D eigenvalue weighted by molar-refractivity contribution is 8.00. The Morgan fingerprint density at radius 1 is 1.29 bits per heavy atom. The molecule has 0 unspecified atom stereocenters. The molecule has 2 rings (SSSR count). The van der Waals surface area contributed by atoms with Gasteiger partial charge in [0.05, 0.1) is 22.9 Å². The number of hydrogen-bond acceptors (Lipinski definition) is 5. The molecule has 4 nitrogen and oxygen atoms in total. The van der Waals surface area contributed by atoms with Gasteiger partial charge in [-0.1, -0.05) is 23.7 Å². The minimum Gasteiger partial charge on any atom is -0.465 e. The van der Waals surface area contributed by atoms with Gasteiger partial charge in [-0.15, -0.1) is 23.1 Å². The van der Waals surface area contributed by atoms with Crippen LogP contribution in [-0.2, 0) is 9.53 Å². The molecule has 1 amide bonds. The van der Waals surface area contributed by atoms with E-state index in [1.807, 2.05) is 18.2 Å². The Kier molecular flexibility index (Phi) is 5.67. The van der Waals surface area contributed by atoms with Gasteiger partial charge in [0.1, 0.15) is 4.88 Å². The molecule has 0 bridgehead atoms. The van der Waals surface area contributed by atoms with Crippen LogP contribution in [0, 0.1) is 0 Å². The van der Waals surface area contributed by atoms with Crippen LogP contribution in [0.25, 0.3) is 0 Å². The van der Waals surface area contributed by atoms with Crippen molar-refractivity contribution in [1.82, 2.24) is 0 Å². The third kappa shape index (κ3) is 4.49. The van der Waals surface area contributed by atoms with Gasteiger partial charge in [0.15, 0.2) is 0 Å². The second-order valence-electron chi connectivity index (χ2n) is 3.92. The van der Waals surface area contributed by atoms with Crippen molar-refractivity contribution >= 4 is 51.6 Å². The van der Waals surface area contributed by atoms with E-state index in [4.69, 9.17) is 11.6 Å². The number of benzene rings is 1. The summed E-state index contributed by atoms with van der Waals surface area (Å²) in [5.41, 5.74) is 0. The Morgan fingerprint density at radius 3 is 2.76 bits per heavy atom. The average Bonchev–Trinajstić information content (AvgIpc) is 2.94. The molecule has 0 atom stereocenters. The number of hydrogen-bond donors (Lipinski definition) is 1. The number of carbonyl (C=O) groups is 2. The quantitative estimate of drug-likeness (QED) is 0.661. The van der Waals surface area contributed by atoms with Crippen LogP contribution in [0.1, 0.15) is 9.67 Å². The van der Waals surface area contributed by atoms with E-state index in [0.29, 0.717) is 14.9 Å². The van der Waals surface area contributed by atoms with Crippen LogP contribution >= 0.6 is 34.7 Å². The summed E-state index contributed by atoms with van der Waals surface area (Å²) in [4.78, 5) is 24.5. The lowest BCUT2D eigenvalue weighted by atomic mass is 10.4. The molecule has 0 aliphatic heterocycles. The third-order valence-corrected chi connectivity index (χ3v) is 4.95. The van der Waals surface area contributed by atoms with Crippen molar-refractivity contribution in [3.63, 3.8) is 0 Å². The zero-order valence-corrected chi connectivity index (χ0v) is 13.5. The number of methoxy groups -OCH3 is 1. The van der Waals surface area contributed by atoms with Gasteiger partial charge in [0, 0.05) is 4.90 Å². The van der Waals surface area contributed by atoms with Crippen molar-refractivity contribution in [3.05, 3.63) is 46.3 Å². The predicted molar refractivity (Wildman–Crippen MR) is 86.5 cm³/mol. The number of thiophene rings is 1. The second kappa shape index (κ2) is 7.49. The van der Waals surface area contributed by atoms with E-state index in [-0.39, 0.29) is 11.7 Å². The molecule has 1 N–H and O–H groups in total. The number of thioether (sulfide) groups is 1. The zero-order chi connectivity index (χ0) is 15.2. The smallest absolute Gasteiger partial charge is 0.348 e. The Bertz CT molecular complexity index is 657. The second-order valence-corrected chi connectivity index (χ2v) is 6.43. The Balaban J connectivity index is 1.89. The maximum Gasteiger partial charge on any atom is 0.348 e. The molecule has 21 heavy (non-hydrogen) atoms. The number of ether oxygens (including phenoxy) is 1. The lowest BCUT2D eigenvalue weighted by Crippen LogP contribution is -2.12. The molecule has 0 aliphatic rings. The van der Waals surface area contributed by atoms with Crippen molar-refractivity contribution < 1.29 is 14.3 Å². The number of amides is 1. The van der Waals surface area contributed by atoms with Crippen molar-refractivity contribution in [1.29, 1.82) is 0 Å². The van der Waals surface area contributed by atoms with E-state index in [1.165, 1.54) is 30.2 Å². The topological polar surface area (TPSA) is 55.4 Å². The molecular formula is C14H12ClNO3S2. The van der Waals surface area contributed by atoms with E-state index in [2.05, 4.69) is 10.1 Å². The van der Waals surface area contributed by atoms with Crippen LogP contribution in [-0.4, -0.2) is 24.7 Å². The summed E-state index contributed by atoms with van der Waals surface area (Å²) in [6.07, 6.45) is 0. The van der Waals surface area contributed by atoms with Gasteiger partial charge >= 0.3 is 5.97 Å². The molecule has 0 radical (unpaired) electrons. The van der Waals surface area contributed by atoms with Gasteiger partial charge in [-0.05, 0) is 24.3 Å². The highest BCUT2D eigenvalue weighted by Gasteiger charge is 2.11. The molecule has 1 heterocycles. The van der Waals surface area contributed by atoms with Crippen LogP contribution in [0.2, 0.25) is 5.02 Å². The van der Waals surface area contributed by atoms with Crippen LogP contribution in [0.5, 0.6) is 0 Å². The summed E-state index contributed by atoms with van der Waals surface area (Å²) in [5.74, 6) is -0.320. The van der Waals surface area contributed by atoms with E-state index < -0.39 is 5.97 Å². The van der Waals surface area contributed by atoms with Gasteiger partial charge in [-0.2, -0.15) is 0 Å². The standard InChI is InChI=1S/C14H12ClNO3S2/c1-19-14(18)11-6-7-13(21-11)16-12(17)8-20-10-5-3-2-4-9(10)15/h2-7H,8H2,1H3,(H,16,17). The summed E-state index contributed by atoms with van der Waals surface area (Å²) in [6.45, 7) is 0. The number of esters is 1. The Morgan fingerprint density at radius 2 is 2.05 bits per heavy atom. The van der Waals surface area contributed by atoms with E-state index in [1.54, 1.807) is 18.2 Å². The van der Waals surface area contributed by atoms with Crippen molar-refractivity contribution in [2.45, 2.75) is 4.90 Å². The van der Waals surface area contributed by atoms with E-state index in [0.717, 1.165) is 4.90 Å². The van der Waals surface area contributed by atoms with Crippen LogP contribution < -0.4 is 5.32 Å². The SMILES string of the molecule is COC(=O)c1ccc(NC(=O)CSc2ccccc2Cl)s1. The number of rotatable bonds is 5. The molecule has 0 saturated heterocycles. The fraction of sp³-hybridized carbons (Fsp3) is 0.143. The van der Waals surface area contributed by atoms with E-state index in [9.17, 15) is 9.59 Å². The molecule has 7 heteroatoms. The van der Waals surface area contributed by atoms with Crippen molar-refractivity contribution in [2.24, 2.45) is 0 Å². The predicted octanol–water partition coefficient (Wildman–Crippen LogP) is 3.92. The third-order valence-electron chi connectivity index (χ3n) is 2.45. The first kappa shape index (κ1) is 15.9. The van der Waals surface area contributed by atoms with Crippen molar-refractivity contribution in [2.75, 3.05) is 18.2 Å². The summed E-state index contributed by atoms with van der Waals surface area (Å²) >= 11 is 8.56. The van der Waals surface area contributed by atoms with Gasteiger partial charge in [-0.25, -0.2) is 4.79 Å². The van der Waals surface area contributed by atoms with Gasteiger partial charge < -0.3 is 10.1 Å². The summed E-state index contributed by atoms with van der Waals surface area (Å²) < 4.78 is 4.61. The molecule has 110 valence electrons. The molecule has 1 aromatic heterocycles. The van der Waals surface area contributed by atoms with Gasteiger partial charge in [0.2, 0.25) is 5.91 Å². The molecule has 0 spiro atoms. The molecule has 0 saturated carbocycles. The number of nitrogens with one attached hydrogen (secondary N) is 1. The molecule has 1 aromatic carbocycles. The lowest BCUT2D eigenvalue weighted by Gasteiger charge is -2.04. The fourth-order valence-electron chi connectivity index (χ4n) is 1.49. The Hall–Kier alpha value is -1.50. The molecule has 0 fully saturated rings. The summed E-state index contributed by atoms with van der Waals surface area (Å²) in [6, 6.07) is 10.6. The number of halogens is 1. The molecular weight excluding hydrogens is 330 g/mol. The number of carbonyl (C=O) groups excluding carboxylic acids is 2. The van der Waals surface area contributed by atoms with Crippen LogP contribution in [0.3, 0.4) is 0 Å². The molecule has 0 aliphatic carbocycles.